The minimum atomic E-state index is -0.495. The van der Waals surface area contributed by atoms with Crippen molar-refractivity contribution in [2.45, 2.75) is 89.9 Å². The Kier molecular flexibility index (Phi) is 11.8. The predicted molar refractivity (Wildman–Crippen MR) is 142 cm³/mol. The number of esters is 1. The summed E-state index contributed by atoms with van der Waals surface area (Å²) < 4.78 is 10.9. The number of methoxy groups -OCH3 is 1. The largest absolute Gasteiger partial charge is 0.462 e. The van der Waals surface area contributed by atoms with Crippen LogP contribution in [0.1, 0.15) is 94.6 Å². The second-order valence-corrected chi connectivity index (χ2v) is 11.1. The number of benzene rings is 1. The molecule has 2 aliphatic rings. The summed E-state index contributed by atoms with van der Waals surface area (Å²) in [7, 11) is 1.71. The number of rotatable bonds is 13. The minimum absolute atomic E-state index is 0.114. The third-order valence-electron chi connectivity index (χ3n) is 8.73. The summed E-state index contributed by atoms with van der Waals surface area (Å²) in [6, 6.07) is 9.53. The van der Waals surface area contributed by atoms with Crippen molar-refractivity contribution >= 4 is 5.97 Å². The van der Waals surface area contributed by atoms with Gasteiger partial charge in [0.15, 0.2) is 0 Å². The number of unbranched alkanes of at least 4 members (excludes halogenated alkanes) is 2. The molecule has 0 amide bonds. The number of aliphatic hydroxyl groups is 1. The fourth-order valence-corrected chi connectivity index (χ4v) is 6.43. The van der Waals surface area contributed by atoms with Gasteiger partial charge in [0.2, 0.25) is 0 Å². The van der Waals surface area contributed by atoms with E-state index in [-0.39, 0.29) is 18.1 Å². The molecule has 0 heterocycles. The maximum Gasteiger partial charge on any atom is 0.335 e. The van der Waals surface area contributed by atoms with Crippen LogP contribution in [0.25, 0.3) is 0 Å². The van der Waals surface area contributed by atoms with Gasteiger partial charge in [-0.2, -0.15) is 0 Å². The normalized spacial score (nSPS) is 25.7. The van der Waals surface area contributed by atoms with E-state index < -0.39 is 5.97 Å². The molecule has 0 aromatic heterocycles. The zero-order valence-corrected chi connectivity index (χ0v) is 22.2. The van der Waals surface area contributed by atoms with Crippen molar-refractivity contribution in [1.82, 2.24) is 0 Å². The Morgan fingerprint density at radius 2 is 1.60 bits per heavy atom. The molecule has 1 aromatic rings. The fourth-order valence-electron chi connectivity index (χ4n) is 6.43. The van der Waals surface area contributed by atoms with Crippen LogP contribution in [0.15, 0.2) is 36.4 Å². The molecule has 0 radical (unpaired) electrons. The number of hydrogen-bond acceptors (Lipinski definition) is 4. The number of ether oxygens (including phenoxy) is 2. The monoisotopic (exact) mass is 484 g/mol. The van der Waals surface area contributed by atoms with Gasteiger partial charge in [0.05, 0.1) is 25.4 Å². The lowest BCUT2D eigenvalue weighted by Crippen LogP contribution is -2.32. The Morgan fingerprint density at radius 1 is 0.971 bits per heavy atom. The van der Waals surface area contributed by atoms with E-state index in [0.29, 0.717) is 19.1 Å². The van der Waals surface area contributed by atoms with Gasteiger partial charge >= 0.3 is 5.97 Å². The van der Waals surface area contributed by atoms with Crippen LogP contribution < -0.4 is 0 Å². The molecule has 2 fully saturated rings. The van der Waals surface area contributed by atoms with Crippen LogP contribution in [0.3, 0.4) is 0 Å². The molecular formula is C31H48O4. The third kappa shape index (κ3) is 8.46. The highest BCUT2D eigenvalue weighted by Gasteiger charge is 2.34. The summed E-state index contributed by atoms with van der Waals surface area (Å²) in [5.41, 5.74) is 3.16. The summed E-state index contributed by atoms with van der Waals surface area (Å²) >= 11 is 0. The van der Waals surface area contributed by atoms with Crippen LogP contribution >= 0.6 is 0 Å². The molecule has 1 atom stereocenters. The van der Waals surface area contributed by atoms with E-state index in [0.717, 1.165) is 17.8 Å². The van der Waals surface area contributed by atoms with Crippen LogP contribution in [0.2, 0.25) is 0 Å². The molecule has 0 saturated heterocycles. The van der Waals surface area contributed by atoms with Crippen molar-refractivity contribution in [3.05, 3.63) is 47.5 Å². The topological polar surface area (TPSA) is 55.8 Å². The van der Waals surface area contributed by atoms with Gasteiger partial charge in [0.25, 0.3) is 0 Å². The van der Waals surface area contributed by atoms with Crippen molar-refractivity contribution in [2.24, 2.45) is 23.7 Å². The summed E-state index contributed by atoms with van der Waals surface area (Å²) in [4.78, 5) is 11.9. The Labute approximate surface area is 213 Å². The molecule has 4 heteroatoms. The molecule has 0 spiro atoms. The highest BCUT2D eigenvalue weighted by Crippen LogP contribution is 2.45. The summed E-state index contributed by atoms with van der Waals surface area (Å²) in [5.74, 6) is 2.71. The van der Waals surface area contributed by atoms with Gasteiger partial charge in [-0.1, -0.05) is 50.6 Å². The van der Waals surface area contributed by atoms with Gasteiger partial charge in [-0.15, -0.1) is 0 Å². The van der Waals surface area contributed by atoms with Gasteiger partial charge in [0.1, 0.15) is 0 Å². The first-order chi connectivity index (χ1) is 17.0. The van der Waals surface area contributed by atoms with Crippen molar-refractivity contribution < 1.29 is 19.4 Å². The average molecular weight is 485 g/mol. The van der Waals surface area contributed by atoms with E-state index in [9.17, 15) is 4.79 Å². The minimum Gasteiger partial charge on any atom is -0.462 e. The van der Waals surface area contributed by atoms with Gasteiger partial charge in [-0.05, 0) is 99.0 Å². The smallest absolute Gasteiger partial charge is 0.335 e. The Balaban J connectivity index is 1.41. The Hall–Kier alpha value is -1.65. The first-order valence-electron chi connectivity index (χ1n) is 14.1. The van der Waals surface area contributed by atoms with Gasteiger partial charge in [-0.25, -0.2) is 4.79 Å². The van der Waals surface area contributed by atoms with E-state index in [4.69, 9.17) is 14.6 Å². The summed E-state index contributed by atoms with van der Waals surface area (Å²) in [6.45, 7) is 6.43. The lowest BCUT2D eigenvalue weighted by molar-refractivity contribution is -0.142. The van der Waals surface area contributed by atoms with Gasteiger partial charge < -0.3 is 14.6 Å². The second kappa shape index (κ2) is 14.8. The van der Waals surface area contributed by atoms with E-state index in [1.165, 1.54) is 82.6 Å². The third-order valence-corrected chi connectivity index (χ3v) is 8.73. The Morgan fingerprint density at radius 3 is 2.17 bits per heavy atom. The zero-order chi connectivity index (χ0) is 25.0. The average Bonchev–Trinajstić information content (AvgIpc) is 2.91. The SMILES string of the molecule is C=C(CO)C(=O)OCC(COC)C1CCC(C2CCC(c3ccc(CCCCC)cc3)CC2)CC1. The predicted octanol–water partition coefficient (Wildman–Crippen LogP) is 6.85. The molecule has 1 N–H and O–H groups in total. The fraction of sp³-hybridized carbons (Fsp3) is 0.710. The van der Waals surface area contributed by atoms with Crippen LogP contribution in [-0.2, 0) is 20.7 Å². The van der Waals surface area contributed by atoms with Crippen LogP contribution in [0.5, 0.6) is 0 Å². The molecular weight excluding hydrogens is 436 g/mol. The van der Waals surface area contributed by atoms with Crippen molar-refractivity contribution in [3.63, 3.8) is 0 Å². The van der Waals surface area contributed by atoms with E-state index in [1.54, 1.807) is 12.7 Å². The summed E-state index contributed by atoms with van der Waals surface area (Å²) in [5, 5.41) is 9.08. The molecule has 35 heavy (non-hydrogen) atoms. The molecule has 1 unspecified atom stereocenters. The number of carbonyl (C=O) groups is 1. The molecule has 0 bridgehead atoms. The first kappa shape index (κ1) is 27.9. The van der Waals surface area contributed by atoms with Crippen molar-refractivity contribution in [1.29, 1.82) is 0 Å². The molecule has 2 saturated carbocycles. The molecule has 1 aromatic carbocycles. The zero-order valence-electron chi connectivity index (χ0n) is 22.2. The number of hydrogen-bond donors (Lipinski definition) is 1. The summed E-state index contributed by atoms with van der Waals surface area (Å²) in [6.07, 6.45) is 15.5. The van der Waals surface area contributed by atoms with E-state index in [2.05, 4.69) is 37.8 Å². The maximum atomic E-state index is 11.9. The lowest BCUT2D eigenvalue weighted by atomic mass is 9.67. The van der Waals surface area contributed by atoms with Crippen LogP contribution in [0, 0.1) is 23.7 Å². The molecule has 196 valence electrons. The molecule has 3 rings (SSSR count). The number of carbonyl (C=O) groups excluding carboxylic acids is 1. The standard InChI is InChI=1S/C31H48O4/c1-4-5-6-7-24-8-10-25(11-9-24)26-12-14-27(15-13-26)28-16-18-29(19-17-28)30(21-34-3)22-35-31(33)23(2)20-32/h8-11,26-30,32H,2,4-7,12-22H2,1,3H3. The molecule has 2 aliphatic carbocycles. The maximum absolute atomic E-state index is 11.9. The number of aliphatic hydroxyl groups excluding tert-OH is 1. The van der Waals surface area contributed by atoms with Crippen molar-refractivity contribution in [2.75, 3.05) is 26.9 Å². The molecule has 0 aliphatic heterocycles. The Bertz CT molecular complexity index is 755. The van der Waals surface area contributed by atoms with E-state index >= 15 is 0 Å². The highest BCUT2D eigenvalue weighted by molar-refractivity contribution is 5.87. The second-order valence-electron chi connectivity index (χ2n) is 11.1. The van der Waals surface area contributed by atoms with Crippen LogP contribution in [-0.4, -0.2) is 38.0 Å². The highest BCUT2D eigenvalue weighted by atomic mass is 16.5. The lowest BCUT2D eigenvalue weighted by Gasteiger charge is -2.39. The van der Waals surface area contributed by atoms with Crippen LogP contribution in [0.4, 0.5) is 0 Å². The van der Waals surface area contributed by atoms with Gasteiger partial charge in [0, 0.05) is 13.0 Å². The van der Waals surface area contributed by atoms with Crippen molar-refractivity contribution in [3.8, 4) is 0 Å². The first-order valence-corrected chi connectivity index (χ1v) is 14.1. The van der Waals surface area contributed by atoms with Gasteiger partial charge in [-0.3, -0.25) is 0 Å². The molecule has 4 nitrogen and oxygen atoms in total. The number of aryl methyl sites for hydroxylation is 1. The quantitative estimate of drug-likeness (QED) is 0.189. The van der Waals surface area contributed by atoms with E-state index in [1.807, 2.05) is 0 Å².